The fourth-order valence-corrected chi connectivity index (χ4v) is 3.92. The molecule has 3 aromatic carbocycles. The number of hydrogen-bond acceptors (Lipinski definition) is 3. The third-order valence-electron chi connectivity index (χ3n) is 5.20. The lowest BCUT2D eigenvalue weighted by atomic mass is 9.84. The molecule has 0 unspecified atom stereocenters. The van der Waals surface area contributed by atoms with Gasteiger partial charge < -0.3 is 10.3 Å². The monoisotopic (exact) mass is 367 g/mol. The zero-order chi connectivity index (χ0) is 19.1. The van der Waals surface area contributed by atoms with E-state index in [0.29, 0.717) is 17.2 Å². The van der Waals surface area contributed by atoms with E-state index in [9.17, 15) is 9.59 Å². The average Bonchev–Trinajstić information content (AvgIpc) is 2.73. The number of hydrogen-bond donors (Lipinski definition) is 2. The number of amides is 1. The number of rotatable bonds is 2. The predicted octanol–water partition coefficient (Wildman–Crippen LogP) is 4.06. The van der Waals surface area contributed by atoms with Crippen molar-refractivity contribution in [3.8, 4) is 11.4 Å². The van der Waals surface area contributed by atoms with Crippen LogP contribution in [0.4, 0.5) is 5.82 Å². The maximum Gasteiger partial charge on any atom is 0.257 e. The van der Waals surface area contributed by atoms with Crippen LogP contribution in [0.15, 0.2) is 77.6 Å². The molecule has 28 heavy (non-hydrogen) atoms. The van der Waals surface area contributed by atoms with Crippen LogP contribution in [0.2, 0.25) is 0 Å². The minimum atomic E-state index is -0.337. The van der Waals surface area contributed by atoms with E-state index in [0.717, 1.165) is 21.9 Å². The summed E-state index contributed by atoms with van der Waals surface area (Å²) in [7, 11) is 0. The Morgan fingerprint density at radius 1 is 0.857 bits per heavy atom. The lowest BCUT2D eigenvalue weighted by Gasteiger charge is -2.25. The van der Waals surface area contributed by atoms with Gasteiger partial charge in [0.2, 0.25) is 5.91 Å². The molecule has 5 rings (SSSR count). The van der Waals surface area contributed by atoms with Gasteiger partial charge in [-0.25, -0.2) is 4.98 Å². The third kappa shape index (κ3) is 2.68. The van der Waals surface area contributed by atoms with Crippen LogP contribution >= 0.6 is 0 Å². The van der Waals surface area contributed by atoms with E-state index in [4.69, 9.17) is 0 Å². The summed E-state index contributed by atoms with van der Waals surface area (Å²) < 4.78 is 0. The summed E-state index contributed by atoms with van der Waals surface area (Å²) in [5.41, 5.74) is 2.05. The molecule has 1 aromatic heterocycles. The molecule has 1 amide bonds. The second-order valence-electron chi connectivity index (χ2n) is 6.92. The van der Waals surface area contributed by atoms with Crippen molar-refractivity contribution < 1.29 is 4.79 Å². The summed E-state index contributed by atoms with van der Waals surface area (Å²) in [5.74, 6) is 0.318. The van der Waals surface area contributed by atoms with E-state index in [-0.39, 0.29) is 23.8 Å². The Kier molecular flexibility index (Phi) is 3.79. The van der Waals surface area contributed by atoms with Crippen molar-refractivity contribution >= 4 is 22.5 Å². The van der Waals surface area contributed by atoms with Crippen LogP contribution in [-0.4, -0.2) is 15.9 Å². The largest absolute Gasteiger partial charge is 0.310 e. The van der Waals surface area contributed by atoms with Gasteiger partial charge in [0.25, 0.3) is 5.56 Å². The Morgan fingerprint density at radius 3 is 2.46 bits per heavy atom. The van der Waals surface area contributed by atoms with E-state index in [1.807, 2.05) is 72.8 Å². The molecule has 0 saturated carbocycles. The van der Waals surface area contributed by atoms with Gasteiger partial charge in [-0.05, 0) is 16.3 Å². The van der Waals surface area contributed by atoms with Crippen molar-refractivity contribution in [1.29, 1.82) is 0 Å². The van der Waals surface area contributed by atoms with Gasteiger partial charge in [-0.1, -0.05) is 72.8 Å². The molecule has 0 spiro atoms. The SMILES string of the molecule is O=C1C[C@H](c2cccc3ccccc23)c2c(nc(-c3ccccc3)[nH]c2=O)N1. The molecule has 0 bridgehead atoms. The predicted molar refractivity (Wildman–Crippen MR) is 109 cm³/mol. The molecule has 2 heterocycles. The van der Waals surface area contributed by atoms with E-state index < -0.39 is 0 Å². The minimum absolute atomic E-state index is 0.137. The van der Waals surface area contributed by atoms with Crippen LogP contribution in [-0.2, 0) is 4.79 Å². The van der Waals surface area contributed by atoms with Crippen molar-refractivity contribution in [2.45, 2.75) is 12.3 Å². The van der Waals surface area contributed by atoms with Gasteiger partial charge in [-0.3, -0.25) is 9.59 Å². The van der Waals surface area contributed by atoms with Crippen LogP contribution in [0.5, 0.6) is 0 Å². The molecule has 0 aliphatic carbocycles. The first-order valence-electron chi connectivity index (χ1n) is 9.18. The fourth-order valence-electron chi connectivity index (χ4n) is 3.92. The number of carbonyl (C=O) groups excluding carboxylic acids is 1. The Labute approximate surface area is 161 Å². The second kappa shape index (κ2) is 6.46. The van der Waals surface area contributed by atoms with Crippen LogP contribution in [0, 0.1) is 0 Å². The van der Waals surface area contributed by atoms with Gasteiger partial charge in [-0.15, -0.1) is 0 Å². The Hall–Kier alpha value is -3.73. The molecular weight excluding hydrogens is 350 g/mol. The summed E-state index contributed by atoms with van der Waals surface area (Å²) in [5, 5.41) is 4.91. The summed E-state index contributed by atoms with van der Waals surface area (Å²) in [4.78, 5) is 32.9. The number of H-pyrrole nitrogens is 1. The van der Waals surface area contributed by atoms with Gasteiger partial charge in [-0.2, -0.15) is 0 Å². The summed E-state index contributed by atoms with van der Waals surface area (Å²) >= 11 is 0. The number of nitrogens with zero attached hydrogens (tertiary/aromatic N) is 1. The summed E-state index contributed by atoms with van der Waals surface area (Å²) in [6.45, 7) is 0. The molecule has 1 atom stereocenters. The van der Waals surface area contributed by atoms with Gasteiger partial charge >= 0.3 is 0 Å². The maximum atomic E-state index is 13.0. The van der Waals surface area contributed by atoms with Crippen LogP contribution in [0.1, 0.15) is 23.5 Å². The highest BCUT2D eigenvalue weighted by molar-refractivity contribution is 5.96. The Morgan fingerprint density at radius 2 is 1.61 bits per heavy atom. The number of aromatic amines is 1. The number of nitrogens with one attached hydrogen (secondary N) is 2. The fraction of sp³-hybridized carbons (Fsp3) is 0.0870. The normalized spacial score (nSPS) is 15.9. The van der Waals surface area contributed by atoms with Gasteiger partial charge in [0.1, 0.15) is 11.6 Å². The molecular formula is C23H17N3O2. The van der Waals surface area contributed by atoms with Crippen LogP contribution < -0.4 is 10.9 Å². The first-order chi connectivity index (χ1) is 13.7. The first kappa shape index (κ1) is 16.4. The van der Waals surface area contributed by atoms with Crippen LogP contribution in [0.3, 0.4) is 0 Å². The van der Waals surface area contributed by atoms with Crippen LogP contribution in [0.25, 0.3) is 22.2 Å². The van der Waals surface area contributed by atoms with E-state index >= 15 is 0 Å². The van der Waals surface area contributed by atoms with Gasteiger partial charge in [0.05, 0.1) is 5.56 Å². The third-order valence-corrected chi connectivity index (χ3v) is 5.20. The molecule has 1 aliphatic heterocycles. The quantitative estimate of drug-likeness (QED) is 0.561. The Balaban J connectivity index is 1.72. The lowest BCUT2D eigenvalue weighted by Crippen LogP contribution is -2.31. The maximum absolute atomic E-state index is 13.0. The molecule has 4 aromatic rings. The smallest absolute Gasteiger partial charge is 0.257 e. The highest BCUT2D eigenvalue weighted by Gasteiger charge is 2.31. The number of anilines is 1. The average molecular weight is 367 g/mol. The molecule has 5 nitrogen and oxygen atoms in total. The van der Waals surface area contributed by atoms with E-state index in [1.165, 1.54) is 0 Å². The van der Waals surface area contributed by atoms with Crippen molar-refractivity contribution in [2.24, 2.45) is 0 Å². The highest BCUT2D eigenvalue weighted by atomic mass is 16.2. The summed E-state index contributed by atoms with van der Waals surface area (Å²) in [6.07, 6.45) is 0.219. The summed E-state index contributed by atoms with van der Waals surface area (Å²) in [6, 6.07) is 23.4. The molecule has 0 saturated heterocycles. The topological polar surface area (TPSA) is 74.8 Å². The molecule has 0 fully saturated rings. The highest BCUT2D eigenvalue weighted by Crippen LogP contribution is 2.37. The van der Waals surface area contributed by atoms with Crippen molar-refractivity contribution in [3.05, 3.63) is 94.3 Å². The van der Waals surface area contributed by atoms with E-state index in [1.54, 1.807) is 0 Å². The zero-order valence-electron chi connectivity index (χ0n) is 15.0. The zero-order valence-corrected chi connectivity index (χ0v) is 15.0. The molecule has 0 radical (unpaired) electrons. The van der Waals surface area contributed by atoms with Crippen molar-refractivity contribution in [1.82, 2.24) is 9.97 Å². The first-order valence-corrected chi connectivity index (χ1v) is 9.18. The standard InChI is InChI=1S/C23H17N3O2/c27-19-13-18(17-12-6-10-14-7-4-5-11-16(14)17)20-22(24-19)25-21(26-23(20)28)15-8-2-1-3-9-15/h1-12,18H,13H2,(H2,24,25,26,27,28)/t18-/m1/s1. The number of fused-ring (bicyclic) bond motifs is 2. The molecule has 5 heteroatoms. The number of carbonyl (C=O) groups is 1. The molecule has 1 aliphatic rings. The number of benzene rings is 3. The van der Waals surface area contributed by atoms with Gasteiger partial charge in [0.15, 0.2) is 0 Å². The lowest BCUT2D eigenvalue weighted by molar-refractivity contribution is -0.116. The second-order valence-corrected chi connectivity index (χ2v) is 6.92. The minimum Gasteiger partial charge on any atom is -0.310 e. The Bertz CT molecular complexity index is 1260. The van der Waals surface area contributed by atoms with Crippen molar-refractivity contribution in [3.63, 3.8) is 0 Å². The van der Waals surface area contributed by atoms with Crippen molar-refractivity contribution in [2.75, 3.05) is 5.32 Å². The molecule has 136 valence electrons. The number of aromatic nitrogens is 2. The van der Waals surface area contributed by atoms with Gasteiger partial charge in [0, 0.05) is 17.9 Å². The molecule has 2 N–H and O–H groups in total. The van der Waals surface area contributed by atoms with E-state index in [2.05, 4.69) is 15.3 Å².